The number of aromatic nitrogens is 1. The first-order chi connectivity index (χ1) is 32.1. The zero-order chi connectivity index (χ0) is 43.3. The van der Waals surface area contributed by atoms with Crippen LogP contribution in [0.15, 0.2) is 243 Å². The van der Waals surface area contributed by atoms with Crippen LogP contribution in [-0.4, -0.2) is 25.0 Å². The number of para-hydroxylation sites is 3. The Morgan fingerprint density at radius 1 is 0.385 bits per heavy atom. The molecule has 0 unspecified atom stereocenters. The maximum atomic E-state index is 11.9. The number of ether oxygens (including phenoxy) is 1. The quantitative estimate of drug-likeness (QED) is 0.122. The summed E-state index contributed by atoms with van der Waals surface area (Å²) in [5.41, 5.74) is 11.2. The number of rotatable bonds is 8. The van der Waals surface area contributed by atoms with E-state index in [1.54, 1.807) is 0 Å². The molecule has 1 aromatic heterocycles. The van der Waals surface area contributed by atoms with Crippen LogP contribution in [0.2, 0.25) is 0 Å². The summed E-state index contributed by atoms with van der Waals surface area (Å²) in [5, 5.41) is 19.6. The molecular weight excluding hydrogens is 806 g/mol. The third kappa shape index (κ3) is 6.43. The van der Waals surface area contributed by atoms with Crippen molar-refractivity contribution in [3.8, 4) is 56.3 Å². The van der Waals surface area contributed by atoms with E-state index in [-0.39, 0.29) is 5.75 Å². The molecule has 0 amide bonds. The zero-order valence-corrected chi connectivity index (χ0v) is 36.5. The molecule has 0 atom stereocenters. The summed E-state index contributed by atoms with van der Waals surface area (Å²) in [5.74, 6) is 1.77. The molecular formula is C60H41BNO2Si. The Kier molecular flexibility index (Phi) is 9.43. The standard InChI is InChI=1S/C60H41BNO2Si/c63-57-39-42(41-18-16-25-47(38-41)65(44-19-4-1-5-20-44,45-21-6-2-7-22-45)46-23-8-3-9-24-46)34-36-51(57)52-29-17-33-58-60(52)61-53-37-35-43(40-59(53)64-58)48-26-10-13-30-54(48)62-55-31-14-11-27-49(55)50-28-12-15-32-56(50)62/h1-40,63H. The van der Waals surface area contributed by atoms with Gasteiger partial charge in [0.15, 0.2) is 8.07 Å². The van der Waals surface area contributed by atoms with Gasteiger partial charge in [-0.05, 0) is 90.3 Å². The van der Waals surface area contributed by atoms with Crippen LogP contribution in [0.3, 0.4) is 0 Å². The number of phenolic OH excluding ortho intramolecular Hbond substituents is 1. The number of benzene rings is 10. The Labute approximate surface area is 380 Å². The summed E-state index contributed by atoms with van der Waals surface area (Å²) >= 11 is 0. The van der Waals surface area contributed by atoms with Crippen LogP contribution >= 0.6 is 0 Å². The molecule has 305 valence electrons. The molecule has 12 rings (SSSR count). The van der Waals surface area contributed by atoms with Crippen molar-refractivity contribution < 1.29 is 9.84 Å². The zero-order valence-electron chi connectivity index (χ0n) is 35.5. The number of phenols is 1. The molecule has 0 saturated heterocycles. The van der Waals surface area contributed by atoms with Crippen LogP contribution in [0.4, 0.5) is 0 Å². The van der Waals surface area contributed by atoms with Gasteiger partial charge in [-0.2, -0.15) is 0 Å². The lowest BCUT2D eigenvalue weighted by molar-refractivity contribution is 0.477. The summed E-state index contributed by atoms with van der Waals surface area (Å²) in [6.07, 6.45) is 0. The van der Waals surface area contributed by atoms with E-state index in [1.807, 2.05) is 24.3 Å². The SMILES string of the molecule is Oc1cc(-c2cccc([Si](c3ccccc3)(c3ccccc3)c3ccccc3)c2)ccc1-c1cccc2c1[B]c1ccc(-c3ccccc3-n3c4ccccc4c4ccccc43)cc1O2. The molecule has 1 radical (unpaired) electrons. The van der Waals surface area contributed by atoms with Crippen molar-refractivity contribution in [2.45, 2.75) is 0 Å². The molecule has 0 fully saturated rings. The fourth-order valence-corrected chi connectivity index (χ4v) is 15.0. The van der Waals surface area contributed by atoms with Gasteiger partial charge in [-0.1, -0.05) is 206 Å². The summed E-state index contributed by atoms with van der Waals surface area (Å²) < 4.78 is 9.12. The van der Waals surface area contributed by atoms with Crippen LogP contribution < -0.4 is 36.4 Å². The molecule has 10 aromatic carbocycles. The fourth-order valence-electron chi connectivity index (χ4n) is 10.2. The Hall–Kier alpha value is -8.12. The van der Waals surface area contributed by atoms with Gasteiger partial charge in [0.2, 0.25) is 7.28 Å². The summed E-state index contributed by atoms with van der Waals surface area (Å²) in [6.45, 7) is 0. The van der Waals surface area contributed by atoms with Crippen LogP contribution in [-0.2, 0) is 0 Å². The van der Waals surface area contributed by atoms with E-state index < -0.39 is 8.07 Å². The smallest absolute Gasteiger partial charge is 0.202 e. The predicted molar refractivity (Wildman–Crippen MR) is 274 cm³/mol. The molecule has 1 N–H and O–H groups in total. The highest BCUT2D eigenvalue weighted by atomic mass is 28.3. The number of hydrogen-bond acceptors (Lipinski definition) is 2. The molecule has 1 aliphatic rings. The van der Waals surface area contributed by atoms with Gasteiger partial charge in [0, 0.05) is 21.9 Å². The Morgan fingerprint density at radius 3 is 1.58 bits per heavy atom. The minimum Gasteiger partial charge on any atom is -0.507 e. The predicted octanol–water partition coefficient (Wildman–Crippen LogP) is 10.6. The summed E-state index contributed by atoms with van der Waals surface area (Å²) in [6, 6.07) is 86.3. The number of fused-ring (bicyclic) bond motifs is 5. The van der Waals surface area contributed by atoms with Crippen molar-refractivity contribution in [2.75, 3.05) is 0 Å². The van der Waals surface area contributed by atoms with Gasteiger partial charge in [0.25, 0.3) is 0 Å². The monoisotopic (exact) mass is 846 g/mol. The first-order valence-electron chi connectivity index (χ1n) is 22.1. The van der Waals surface area contributed by atoms with Crippen molar-refractivity contribution in [3.05, 3.63) is 243 Å². The third-order valence-electron chi connectivity index (χ3n) is 13.2. The number of nitrogens with zero attached hydrogens (tertiary/aromatic N) is 1. The van der Waals surface area contributed by atoms with Crippen LogP contribution in [0, 0.1) is 0 Å². The topological polar surface area (TPSA) is 34.4 Å². The van der Waals surface area contributed by atoms with Gasteiger partial charge in [0.05, 0.1) is 16.7 Å². The van der Waals surface area contributed by atoms with Gasteiger partial charge >= 0.3 is 0 Å². The van der Waals surface area contributed by atoms with E-state index in [0.717, 1.165) is 61.5 Å². The maximum Gasteiger partial charge on any atom is 0.202 e. The van der Waals surface area contributed by atoms with E-state index in [9.17, 15) is 5.11 Å². The molecule has 3 nitrogen and oxygen atoms in total. The molecule has 0 saturated carbocycles. The number of aromatic hydroxyl groups is 1. The lowest BCUT2D eigenvalue weighted by atomic mass is 9.59. The van der Waals surface area contributed by atoms with Crippen molar-refractivity contribution >= 4 is 68.8 Å². The van der Waals surface area contributed by atoms with Crippen LogP contribution in [0.25, 0.3) is 60.9 Å². The first-order valence-corrected chi connectivity index (χ1v) is 24.1. The second-order valence-electron chi connectivity index (χ2n) is 16.8. The van der Waals surface area contributed by atoms with Crippen molar-refractivity contribution in [1.82, 2.24) is 4.57 Å². The Bertz CT molecular complexity index is 3420. The average molecular weight is 847 g/mol. The molecule has 1 aliphatic heterocycles. The Morgan fingerprint density at radius 2 is 0.923 bits per heavy atom. The normalized spacial score (nSPS) is 12.0. The van der Waals surface area contributed by atoms with Crippen LogP contribution in [0.1, 0.15) is 0 Å². The highest BCUT2D eigenvalue weighted by Crippen LogP contribution is 2.39. The molecule has 11 aromatic rings. The molecule has 0 spiro atoms. The van der Waals surface area contributed by atoms with E-state index in [1.165, 1.54) is 42.6 Å². The fraction of sp³-hybridized carbons (Fsp3) is 0. The highest BCUT2D eigenvalue weighted by Gasteiger charge is 2.41. The summed E-state index contributed by atoms with van der Waals surface area (Å²) in [4.78, 5) is 0. The van der Waals surface area contributed by atoms with E-state index in [0.29, 0.717) is 0 Å². The van der Waals surface area contributed by atoms with E-state index in [2.05, 4.69) is 230 Å². The van der Waals surface area contributed by atoms with Gasteiger partial charge in [-0.3, -0.25) is 0 Å². The number of hydrogen-bond donors (Lipinski definition) is 1. The van der Waals surface area contributed by atoms with Gasteiger partial charge in [0.1, 0.15) is 17.2 Å². The second kappa shape index (κ2) is 15.9. The minimum absolute atomic E-state index is 0.218. The van der Waals surface area contributed by atoms with E-state index in [4.69, 9.17) is 4.74 Å². The molecule has 2 heterocycles. The van der Waals surface area contributed by atoms with Crippen molar-refractivity contribution in [1.29, 1.82) is 0 Å². The molecule has 0 aliphatic carbocycles. The maximum absolute atomic E-state index is 11.9. The molecule has 65 heavy (non-hydrogen) atoms. The van der Waals surface area contributed by atoms with E-state index >= 15 is 0 Å². The lowest BCUT2D eigenvalue weighted by Crippen LogP contribution is -2.74. The highest BCUT2D eigenvalue weighted by molar-refractivity contribution is 7.19. The van der Waals surface area contributed by atoms with Crippen molar-refractivity contribution in [2.24, 2.45) is 0 Å². The Balaban J connectivity index is 0.890. The first kappa shape index (κ1) is 38.5. The molecule has 0 bridgehead atoms. The van der Waals surface area contributed by atoms with Gasteiger partial charge in [-0.25, -0.2) is 0 Å². The average Bonchev–Trinajstić information content (AvgIpc) is 3.71. The lowest BCUT2D eigenvalue weighted by Gasteiger charge is -2.34. The third-order valence-corrected chi connectivity index (χ3v) is 17.9. The largest absolute Gasteiger partial charge is 0.507 e. The summed E-state index contributed by atoms with van der Waals surface area (Å²) in [7, 11) is -0.543. The van der Waals surface area contributed by atoms with Crippen molar-refractivity contribution in [3.63, 3.8) is 0 Å². The van der Waals surface area contributed by atoms with Gasteiger partial charge in [-0.15, -0.1) is 0 Å². The molecule has 5 heteroatoms. The minimum atomic E-state index is -2.73. The second-order valence-corrected chi connectivity index (χ2v) is 20.6. The van der Waals surface area contributed by atoms with Crippen LogP contribution in [0.5, 0.6) is 17.2 Å². The van der Waals surface area contributed by atoms with Gasteiger partial charge < -0.3 is 14.4 Å².